The van der Waals surface area contributed by atoms with Gasteiger partial charge in [0.2, 0.25) is 0 Å². The number of hydrogen-bond donors (Lipinski definition) is 0. The van der Waals surface area contributed by atoms with Crippen LogP contribution >= 0.6 is 0 Å². The van der Waals surface area contributed by atoms with Gasteiger partial charge in [-0.3, -0.25) is 0 Å². The predicted octanol–water partition coefficient (Wildman–Crippen LogP) is 1.28. The van der Waals surface area contributed by atoms with Gasteiger partial charge in [0.25, 0.3) is 0 Å². The van der Waals surface area contributed by atoms with Crippen LogP contribution in [0, 0.1) is 5.41 Å². The largest absolute Gasteiger partial charge is 0.309 e. The molecule has 2 heteroatoms. The monoisotopic (exact) mass is 170 g/mol. The molecule has 0 spiro atoms. The van der Waals surface area contributed by atoms with Crippen LogP contribution in [0.3, 0.4) is 0 Å². The Hall–Kier alpha value is -0.0800. The van der Waals surface area contributed by atoms with Crippen molar-refractivity contribution in [2.45, 2.75) is 20.3 Å². The van der Waals surface area contributed by atoms with Crippen molar-refractivity contribution in [3.63, 3.8) is 0 Å². The summed E-state index contributed by atoms with van der Waals surface area (Å²) in [6.45, 7) is 9.73. The summed E-state index contributed by atoms with van der Waals surface area (Å²) in [4.78, 5) is 4.84. The Balaban J connectivity index is 2.20. The highest BCUT2D eigenvalue weighted by molar-refractivity contribution is 4.92. The number of hydrogen-bond acceptors (Lipinski definition) is 2. The Morgan fingerprint density at radius 3 is 2.33 bits per heavy atom. The normalized spacial score (nSPS) is 22.8. The van der Waals surface area contributed by atoms with Crippen molar-refractivity contribution in [2.75, 3.05) is 40.3 Å². The van der Waals surface area contributed by atoms with Gasteiger partial charge in [-0.1, -0.05) is 13.8 Å². The van der Waals surface area contributed by atoms with Crippen LogP contribution < -0.4 is 0 Å². The van der Waals surface area contributed by atoms with Crippen molar-refractivity contribution in [3.8, 4) is 0 Å². The average Bonchev–Trinajstić information content (AvgIpc) is 1.82. The van der Waals surface area contributed by atoms with Crippen LogP contribution in [-0.4, -0.2) is 50.1 Å². The van der Waals surface area contributed by atoms with Gasteiger partial charge < -0.3 is 9.80 Å². The lowest BCUT2D eigenvalue weighted by Gasteiger charge is -2.49. The van der Waals surface area contributed by atoms with Gasteiger partial charge in [-0.05, 0) is 27.1 Å². The van der Waals surface area contributed by atoms with Crippen LogP contribution in [-0.2, 0) is 0 Å². The first kappa shape index (κ1) is 10.0. The summed E-state index contributed by atoms with van der Waals surface area (Å²) in [5.74, 6) is 0. The molecule has 0 unspecified atom stereocenters. The predicted molar refractivity (Wildman–Crippen MR) is 53.4 cm³/mol. The Bertz CT molecular complexity index is 137. The zero-order chi connectivity index (χ0) is 9.19. The van der Waals surface area contributed by atoms with E-state index in [9.17, 15) is 0 Å². The van der Waals surface area contributed by atoms with Crippen LogP contribution in [0.5, 0.6) is 0 Å². The second-order valence-corrected chi connectivity index (χ2v) is 4.76. The van der Waals surface area contributed by atoms with E-state index in [0.717, 1.165) is 0 Å². The van der Waals surface area contributed by atoms with E-state index in [1.165, 1.54) is 32.6 Å². The van der Waals surface area contributed by atoms with E-state index >= 15 is 0 Å². The molecule has 12 heavy (non-hydrogen) atoms. The van der Waals surface area contributed by atoms with Gasteiger partial charge in [-0.15, -0.1) is 0 Å². The number of rotatable bonds is 4. The highest BCUT2D eigenvalue weighted by Gasteiger charge is 2.37. The Morgan fingerprint density at radius 2 is 1.92 bits per heavy atom. The van der Waals surface area contributed by atoms with Crippen LogP contribution in [0.2, 0.25) is 0 Å². The number of nitrogens with zero attached hydrogens (tertiary/aromatic N) is 2. The lowest BCUT2D eigenvalue weighted by Crippen LogP contribution is -2.58. The molecular formula is C10H22N2. The van der Waals surface area contributed by atoms with Crippen LogP contribution in [0.4, 0.5) is 0 Å². The molecule has 72 valence electrons. The minimum absolute atomic E-state index is 0.568. The highest BCUT2D eigenvalue weighted by atomic mass is 15.2. The Labute approximate surface area is 76.5 Å². The molecule has 0 aromatic carbocycles. The van der Waals surface area contributed by atoms with Crippen LogP contribution in [0.15, 0.2) is 0 Å². The molecule has 1 fully saturated rings. The molecule has 1 heterocycles. The molecule has 1 rings (SSSR count). The minimum atomic E-state index is 0.568. The van der Waals surface area contributed by atoms with Crippen LogP contribution in [0.25, 0.3) is 0 Å². The smallest absolute Gasteiger partial charge is 0.00601 e. The van der Waals surface area contributed by atoms with E-state index in [2.05, 4.69) is 37.7 Å². The molecular weight excluding hydrogens is 148 g/mol. The van der Waals surface area contributed by atoms with Crippen LogP contribution in [0.1, 0.15) is 20.3 Å². The summed E-state index contributed by atoms with van der Waals surface area (Å²) in [6, 6.07) is 0. The number of likely N-dealkylation sites (tertiary alicyclic amines) is 1. The maximum Gasteiger partial charge on any atom is 0.00601 e. The van der Waals surface area contributed by atoms with Crippen molar-refractivity contribution in [2.24, 2.45) is 5.41 Å². The van der Waals surface area contributed by atoms with Crippen molar-refractivity contribution < 1.29 is 0 Å². The van der Waals surface area contributed by atoms with Gasteiger partial charge in [0.05, 0.1) is 0 Å². The fraction of sp³-hybridized carbons (Fsp3) is 1.00. The molecule has 0 aromatic rings. The summed E-state index contributed by atoms with van der Waals surface area (Å²) in [7, 11) is 4.32. The zero-order valence-electron chi connectivity index (χ0n) is 8.93. The molecule has 0 saturated carbocycles. The molecule has 0 bridgehead atoms. The molecule has 0 radical (unpaired) electrons. The SMILES string of the molecule is CCCN1CC(C)(CN(C)C)C1. The lowest BCUT2D eigenvalue weighted by molar-refractivity contribution is -0.00226. The lowest BCUT2D eigenvalue weighted by atomic mass is 9.81. The maximum absolute atomic E-state index is 2.55. The maximum atomic E-state index is 2.55. The molecule has 1 aliphatic heterocycles. The molecule has 1 aliphatic rings. The molecule has 0 aliphatic carbocycles. The standard InChI is InChI=1S/C10H22N2/c1-5-6-12-8-10(2,9-12)7-11(3)4/h5-9H2,1-4H3. The first-order valence-electron chi connectivity index (χ1n) is 4.93. The molecule has 0 aromatic heterocycles. The zero-order valence-corrected chi connectivity index (χ0v) is 8.93. The molecule has 2 nitrogen and oxygen atoms in total. The van der Waals surface area contributed by atoms with Crippen molar-refractivity contribution in [1.82, 2.24) is 9.80 Å². The van der Waals surface area contributed by atoms with Gasteiger partial charge in [-0.25, -0.2) is 0 Å². The van der Waals surface area contributed by atoms with Gasteiger partial charge in [0.15, 0.2) is 0 Å². The second-order valence-electron chi connectivity index (χ2n) is 4.76. The summed E-state index contributed by atoms with van der Waals surface area (Å²) in [5.41, 5.74) is 0.568. The van der Waals surface area contributed by atoms with Gasteiger partial charge in [0, 0.05) is 25.0 Å². The summed E-state index contributed by atoms with van der Waals surface area (Å²) in [5, 5.41) is 0. The minimum Gasteiger partial charge on any atom is -0.309 e. The topological polar surface area (TPSA) is 6.48 Å². The van der Waals surface area contributed by atoms with Gasteiger partial charge >= 0.3 is 0 Å². The summed E-state index contributed by atoms with van der Waals surface area (Å²) in [6.07, 6.45) is 1.29. The fourth-order valence-corrected chi connectivity index (χ4v) is 2.37. The third-order valence-corrected chi connectivity index (χ3v) is 2.45. The first-order valence-corrected chi connectivity index (χ1v) is 4.93. The quantitative estimate of drug-likeness (QED) is 0.627. The molecule has 1 saturated heterocycles. The molecule has 0 atom stereocenters. The molecule has 0 amide bonds. The fourth-order valence-electron chi connectivity index (χ4n) is 2.37. The third-order valence-electron chi connectivity index (χ3n) is 2.45. The van der Waals surface area contributed by atoms with E-state index in [0.29, 0.717) is 5.41 Å². The van der Waals surface area contributed by atoms with Crippen molar-refractivity contribution in [1.29, 1.82) is 0 Å². The Kier molecular flexibility index (Phi) is 3.13. The third kappa shape index (κ3) is 2.46. The van der Waals surface area contributed by atoms with E-state index in [1.807, 2.05) is 0 Å². The van der Waals surface area contributed by atoms with E-state index in [-0.39, 0.29) is 0 Å². The van der Waals surface area contributed by atoms with E-state index < -0.39 is 0 Å². The van der Waals surface area contributed by atoms with E-state index in [1.54, 1.807) is 0 Å². The van der Waals surface area contributed by atoms with E-state index in [4.69, 9.17) is 0 Å². The molecule has 0 N–H and O–H groups in total. The average molecular weight is 170 g/mol. The van der Waals surface area contributed by atoms with Crippen molar-refractivity contribution in [3.05, 3.63) is 0 Å². The van der Waals surface area contributed by atoms with Gasteiger partial charge in [0.1, 0.15) is 0 Å². The highest BCUT2D eigenvalue weighted by Crippen LogP contribution is 2.29. The Morgan fingerprint density at radius 1 is 1.33 bits per heavy atom. The summed E-state index contributed by atoms with van der Waals surface area (Å²) < 4.78 is 0. The summed E-state index contributed by atoms with van der Waals surface area (Å²) >= 11 is 0. The second kappa shape index (κ2) is 3.75. The van der Waals surface area contributed by atoms with Gasteiger partial charge in [-0.2, -0.15) is 0 Å². The van der Waals surface area contributed by atoms with Crippen molar-refractivity contribution >= 4 is 0 Å². The first-order chi connectivity index (χ1) is 5.56.